The summed E-state index contributed by atoms with van der Waals surface area (Å²) in [5, 5.41) is 2.77. The van der Waals surface area contributed by atoms with Crippen LogP contribution in [-0.4, -0.2) is 10.9 Å². The Bertz CT molecular complexity index is 482. The van der Waals surface area contributed by atoms with Gasteiger partial charge in [-0.25, -0.2) is 0 Å². The van der Waals surface area contributed by atoms with Crippen molar-refractivity contribution < 1.29 is 4.79 Å². The molecule has 0 aliphatic rings. The zero-order chi connectivity index (χ0) is 11.4. The highest BCUT2D eigenvalue weighted by atomic mass is 127. The minimum absolute atomic E-state index is 0.121. The quantitative estimate of drug-likeness (QED) is 0.863. The molecule has 3 nitrogen and oxygen atoms in total. The number of benzene rings is 1. The third-order valence-electron chi connectivity index (χ3n) is 2.03. The molecule has 4 heteroatoms. The maximum absolute atomic E-state index is 11.8. The number of rotatable bonds is 2. The summed E-state index contributed by atoms with van der Waals surface area (Å²) in [6.45, 7) is 0. The van der Waals surface area contributed by atoms with Crippen LogP contribution in [0.1, 0.15) is 10.4 Å². The van der Waals surface area contributed by atoms with Gasteiger partial charge in [0.1, 0.15) is 0 Å². The van der Waals surface area contributed by atoms with Crippen molar-refractivity contribution in [3.05, 3.63) is 57.9 Å². The second kappa shape index (κ2) is 5.07. The molecule has 1 heterocycles. The van der Waals surface area contributed by atoms with E-state index in [2.05, 4.69) is 32.9 Å². The monoisotopic (exact) mass is 324 g/mol. The Labute approximate surface area is 107 Å². The van der Waals surface area contributed by atoms with Crippen LogP contribution in [0.15, 0.2) is 48.8 Å². The number of aromatic nitrogens is 1. The molecule has 1 amide bonds. The van der Waals surface area contributed by atoms with Crippen LogP contribution in [0.5, 0.6) is 0 Å². The molecule has 1 aromatic carbocycles. The van der Waals surface area contributed by atoms with E-state index in [-0.39, 0.29) is 5.91 Å². The first-order valence-electron chi connectivity index (χ1n) is 4.72. The first-order valence-corrected chi connectivity index (χ1v) is 5.80. The van der Waals surface area contributed by atoms with Gasteiger partial charge in [0.25, 0.3) is 5.91 Å². The number of carbonyl (C=O) groups excluding carboxylic acids is 1. The van der Waals surface area contributed by atoms with Crippen LogP contribution < -0.4 is 5.32 Å². The third kappa shape index (κ3) is 2.79. The first-order chi connectivity index (χ1) is 7.75. The average Bonchev–Trinajstić information content (AvgIpc) is 2.31. The average molecular weight is 324 g/mol. The lowest BCUT2D eigenvalue weighted by Gasteiger charge is -2.04. The lowest BCUT2D eigenvalue weighted by Crippen LogP contribution is -2.11. The number of amides is 1. The van der Waals surface area contributed by atoms with E-state index in [1.165, 1.54) is 0 Å². The van der Waals surface area contributed by atoms with Crippen molar-refractivity contribution >= 4 is 34.2 Å². The Morgan fingerprint density at radius 3 is 2.56 bits per heavy atom. The summed E-state index contributed by atoms with van der Waals surface area (Å²) >= 11 is 2.20. The predicted octanol–water partition coefficient (Wildman–Crippen LogP) is 2.94. The normalized spacial score (nSPS) is 9.81. The molecule has 1 aromatic heterocycles. The Balaban J connectivity index is 2.12. The van der Waals surface area contributed by atoms with E-state index < -0.39 is 0 Å². The molecule has 0 atom stereocenters. The molecule has 16 heavy (non-hydrogen) atoms. The zero-order valence-corrected chi connectivity index (χ0v) is 10.5. The Hall–Kier alpha value is -1.43. The van der Waals surface area contributed by atoms with Gasteiger partial charge in [0.15, 0.2) is 0 Å². The zero-order valence-electron chi connectivity index (χ0n) is 8.35. The molecular formula is C12H9IN2O. The van der Waals surface area contributed by atoms with E-state index in [1.54, 1.807) is 36.7 Å². The van der Waals surface area contributed by atoms with Gasteiger partial charge in [0.05, 0.1) is 11.9 Å². The van der Waals surface area contributed by atoms with Gasteiger partial charge < -0.3 is 5.32 Å². The number of pyridine rings is 1. The summed E-state index contributed by atoms with van der Waals surface area (Å²) in [5.41, 5.74) is 1.34. The van der Waals surface area contributed by atoms with E-state index in [0.717, 1.165) is 3.57 Å². The van der Waals surface area contributed by atoms with Crippen LogP contribution in [0.4, 0.5) is 5.69 Å². The van der Waals surface area contributed by atoms with E-state index in [4.69, 9.17) is 0 Å². The van der Waals surface area contributed by atoms with Gasteiger partial charge in [-0.05, 0) is 59.0 Å². The van der Waals surface area contributed by atoms with E-state index in [0.29, 0.717) is 11.3 Å². The molecule has 0 aliphatic heterocycles. The number of nitrogens with zero attached hydrogens (tertiary/aromatic N) is 1. The van der Waals surface area contributed by atoms with Crippen molar-refractivity contribution in [2.75, 3.05) is 5.32 Å². The van der Waals surface area contributed by atoms with Crippen molar-refractivity contribution in [1.82, 2.24) is 4.98 Å². The summed E-state index contributed by atoms with van der Waals surface area (Å²) in [6, 6.07) is 11.0. The molecule has 2 rings (SSSR count). The van der Waals surface area contributed by atoms with Crippen molar-refractivity contribution in [2.24, 2.45) is 0 Å². The number of anilines is 1. The van der Waals surface area contributed by atoms with Gasteiger partial charge in [-0.2, -0.15) is 0 Å². The molecule has 0 spiro atoms. The summed E-state index contributed by atoms with van der Waals surface area (Å²) in [5.74, 6) is -0.121. The van der Waals surface area contributed by atoms with Crippen LogP contribution in [0.2, 0.25) is 0 Å². The maximum atomic E-state index is 11.8. The molecule has 0 bridgehead atoms. The first kappa shape index (κ1) is 11.1. The fourth-order valence-corrected chi connectivity index (χ4v) is 1.60. The van der Waals surface area contributed by atoms with Gasteiger partial charge in [-0.3, -0.25) is 9.78 Å². The Morgan fingerprint density at radius 1 is 1.19 bits per heavy atom. The third-order valence-corrected chi connectivity index (χ3v) is 2.74. The van der Waals surface area contributed by atoms with Crippen molar-refractivity contribution in [3.8, 4) is 0 Å². The van der Waals surface area contributed by atoms with Gasteiger partial charge in [0.2, 0.25) is 0 Å². The van der Waals surface area contributed by atoms with Crippen LogP contribution in [0.3, 0.4) is 0 Å². The SMILES string of the molecule is O=C(Nc1cccnc1)c1ccc(I)cc1. The number of hydrogen-bond donors (Lipinski definition) is 1. The van der Waals surface area contributed by atoms with Gasteiger partial charge in [-0.1, -0.05) is 0 Å². The fraction of sp³-hybridized carbons (Fsp3) is 0. The largest absolute Gasteiger partial charge is 0.321 e. The number of nitrogens with one attached hydrogen (secondary N) is 1. The predicted molar refractivity (Wildman–Crippen MR) is 71.3 cm³/mol. The van der Waals surface area contributed by atoms with E-state index in [1.807, 2.05) is 12.1 Å². The molecular weight excluding hydrogens is 315 g/mol. The molecule has 0 saturated heterocycles. The summed E-state index contributed by atoms with van der Waals surface area (Å²) in [6.07, 6.45) is 3.28. The lowest BCUT2D eigenvalue weighted by molar-refractivity contribution is 0.102. The van der Waals surface area contributed by atoms with E-state index in [9.17, 15) is 4.79 Å². The number of hydrogen-bond acceptors (Lipinski definition) is 2. The van der Waals surface area contributed by atoms with Crippen LogP contribution in [-0.2, 0) is 0 Å². The minimum atomic E-state index is -0.121. The molecule has 1 N–H and O–H groups in total. The molecule has 0 radical (unpaired) electrons. The van der Waals surface area contributed by atoms with Crippen molar-refractivity contribution in [3.63, 3.8) is 0 Å². The van der Waals surface area contributed by atoms with Gasteiger partial charge in [-0.15, -0.1) is 0 Å². The lowest BCUT2D eigenvalue weighted by atomic mass is 10.2. The smallest absolute Gasteiger partial charge is 0.255 e. The topological polar surface area (TPSA) is 42.0 Å². The second-order valence-electron chi connectivity index (χ2n) is 3.20. The second-order valence-corrected chi connectivity index (χ2v) is 4.45. The molecule has 80 valence electrons. The maximum Gasteiger partial charge on any atom is 0.255 e. The highest BCUT2D eigenvalue weighted by Gasteiger charge is 2.04. The van der Waals surface area contributed by atoms with Gasteiger partial charge >= 0.3 is 0 Å². The summed E-state index contributed by atoms with van der Waals surface area (Å²) < 4.78 is 1.11. The minimum Gasteiger partial charge on any atom is -0.321 e. The van der Waals surface area contributed by atoms with Gasteiger partial charge in [0, 0.05) is 15.3 Å². The molecule has 0 unspecified atom stereocenters. The van der Waals surface area contributed by atoms with E-state index >= 15 is 0 Å². The highest BCUT2D eigenvalue weighted by Crippen LogP contribution is 2.09. The highest BCUT2D eigenvalue weighted by molar-refractivity contribution is 14.1. The van der Waals surface area contributed by atoms with Crippen LogP contribution in [0.25, 0.3) is 0 Å². The molecule has 0 fully saturated rings. The Morgan fingerprint density at radius 2 is 1.94 bits per heavy atom. The Kier molecular flexibility index (Phi) is 3.51. The fourth-order valence-electron chi connectivity index (χ4n) is 1.24. The number of halogens is 1. The standard InChI is InChI=1S/C12H9IN2O/c13-10-5-3-9(4-6-10)12(16)15-11-2-1-7-14-8-11/h1-8H,(H,15,16). The molecule has 0 saturated carbocycles. The van der Waals surface area contributed by atoms with Crippen molar-refractivity contribution in [2.45, 2.75) is 0 Å². The summed E-state index contributed by atoms with van der Waals surface area (Å²) in [7, 11) is 0. The van der Waals surface area contributed by atoms with Crippen LogP contribution in [0, 0.1) is 3.57 Å². The molecule has 2 aromatic rings. The number of carbonyl (C=O) groups is 1. The van der Waals surface area contributed by atoms with Crippen LogP contribution >= 0.6 is 22.6 Å². The van der Waals surface area contributed by atoms with Crippen molar-refractivity contribution in [1.29, 1.82) is 0 Å². The molecule has 0 aliphatic carbocycles. The summed E-state index contributed by atoms with van der Waals surface area (Å²) in [4.78, 5) is 15.7.